The summed E-state index contributed by atoms with van der Waals surface area (Å²) in [5, 5.41) is 0. The van der Waals surface area contributed by atoms with Gasteiger partial charge >= 0.3 is 0 Å². The van der Waals surface area contributed by atoms with Crippen LogP contribution in [0, 0.1) is 0 Å². The van der Waals surface area contributed by atoms with Crippen LogP contribution in [0.1, 0.15) is 0 Å². The van der Waals surface area contributed by atoms with E-state index in [0.29, 0.717) is 11.0 Å². The van der Waals surface area contributed by atoms with Gasteiger partial charge in [-0.2, -0.15) is 8.75 Å². The molecule has 0 spiro atoms. The lowest BCUT2D eigenvalue weighted by atomic mass is 10.3. The lowest BCUT2D eigenvalue weighted by Gasteiger charge is -2.07. The fourth-order valence-electron chi connectivity index (χ4n) is 1.50. The summed E-state index contributed by atoms with van der Waals surface area (Å²) in [4.78, 5) is 0.0307. The molecule has 20 heavy (non-hydrogen) atoms. The smallest absolute Gasteiger partial charge is 0.214 e. The fraction of sp³-hybridized carbons (Fsp3) is 0.333. The molecule has 0 radical (unpaired) electrons. The van der Waals surface area contributed by atoms with Crippen LogP contribution >= 0.6 is 11.7 Å². The average molecular weight is 336 g/mol. The second-order valence-corrected chi connectivity index (χ2v) is 8.05. The minimum atomic E-state index is -3.76. The molecule has 0 fully saturated rings. The molecule has 0 saturated carbocycles. The van der Waals surface area contributed by atoms with Crippen LogP contribution in [0.15, 0.2) is 23.1 Å². The largest absolute Gasteiger partial charge is 0.242 e. The quantitative estimate of drug-likeness (QED) is 0.688. The maximum atomic E-state index is 12.1. The van der Waals surface area contributed by atoms with E-state index in [2.05, 4.69) is 18.2 Å². The van der Waals surface area contributed by atoms with Crippen molar-refractivity contribution in [2.45, 2.75) is 4.90 Å². The van der Waals surface area contributed by atoms with Crippen LogP contribution in [0.3, 0.4) is 0 Å². The SMILES string of the molecule is CS(=O)(=O)NCCNS(=O)(=O)c1cccc2nsnc12. The molecule has 1 heterocycles. The third-order valence-corrected chi connectivity index (χ3v) is 5.08. The summed E-state index contributed by atoms with van der Waals surface area (Å²) in [7, 11) is -7.09. The molecule has 1 aromatic carbocycles. The van der Waals surface area contributed by atoms with Crippen molar-refractivity contribution >= 4 is 42.8 Å². The van der Waals surface area contributed by atoms with Crippen LogP contribution in [0.25, 0.3) is 11.0 Å². The molecule has 2 aromatic rings. The van der Waals surface area contributed by atoms with Crippen molar-refractivity contribution in [3.8, 4) is 0 Å². The van der Waals surface area contributed by atoms with Gasteiger partial charge in [-0.25, -0.2) is 26.3 Å². The lowest BCUT2D eigenvalue weighted by molar-refractivity contribution is 0.574. The number of nitrogens with zero attached hydrogens (tertiary/aromatic N) is 2. The second kappa shape index (κ2) is 5.69. The first-order valence-electron chi connectivity index (χ1n) is 5.45. The van der Waals surface area contributed by atoms with Crippen molar-refractivity contribution in [3.63, 3.8) is 0 Å². The van der Waals surface area contributed by atoms with Gasteiger partial charge in [0.15, 0.2) is 0 Å². The molecule has 0 aliphatic rings. The molecule has 0 unspecified atom stereocenters. The van der Waals surface area contributed by atoms with Crippen LogP contribution in [-0.2, 0) is 20.0 Å². The first-order chi connectivity index (χ1) is 9.30. The third kappa shape index (κ3) is 3.70. The molecule has 110 valence electrons. The van der Waals surface area contributed by atoms with Gasteiger partial charge in [0, 0.05) is 13.1 Å². The topological polar surface area (TPSA) is 118 Å². The summed E-state index contributed by atoms with van der Waals surface area (Å²) in [6.45, 7) is -0.0767. The normalized spacial score (nSPS) is 12.8. The summed E-state index contributed by atoms with van der Waals surface area (Å²) in [6.07, 6.45) is 1.00. The molecule has 0 saturated heterocycles. The zero-order valence-corrected chi connectivity index (χ0v) is 12.8. The van der Waals surface area contributed by atoms with E-state index >= 15 is 0 Å². The Balaban J connectivity index is 2.13. The molecule has 0 amide bonds. The number of rotatable bonds is 6. The highest BCUT2D eigenvalue weighted by Crippen LogP contribution is 2.20. The first-order valence-corrected chi connectivity index (χ1v) is 9.56. The number of sulfonamides is 2. The van der Waals surface area contributed by atoms with Crippen molar-refractivity contribution in [2.24, 2.45) is 0 Å². The molecule has 1 aromatic heterocycles. The van der Waals surface area contributed by atoms with Crippen molar-refractivity contribution in [1.82, 2.24) is 18.2 Å². The van der Waals surface area contributed by atoms with Gasteiger partial charge < -0.3 is 0 Å². The predicted molar refractivity (Wildman–Crippen MR) is 75.5 cm³/mol. The number of benzene rings is 1. The number of hydrogen-bond donors (Lipinski definition) is 2. The highest BCUT2D eigenvalue weighted by molar-refractivity contribution is 7.89. The number of hydrogen-bond acceptors (Lipinski definition) is 7. The zero-order valence-electron chi connectivity index (χ0n) is 10.4. The lowest BCUT2D eigenvalue weighted by Crippen LogP contribution is -2.34. The fourth-order valence-corrected chi connectivity index (χ4v) is 3.77. The standard InChI is InChI=1S/C9H12N4O4S3/c1-19(14,15)10-5-6-11-20(16,17)8-4-2-3-7-9(8)13-18-12-7/h2-4,10-11H,5-6H2,1H3. The first kappa shape index (κ1) is 15.3. The van der Waals surface area contributed by atoms with Gasteiger partial charge in [-0.05, 0) is 12.1 Å². The Morgan fingerprint density at radius 1 is 1.10 bits per heavy atom. The Morgan fingerprint density at radius 3 is 2.50 bits per heavy atom. The van der Waals surface area contributed by atoms with E-state index in [1.54, 1.807) is 12.1 Å². The van der Waals surface area contributed by atoms with Gasteiger partial charge in [0.05, 0.1) is 18.0 Å². The third-order valence-electron chi connectivity index (χ3n) is 2.32. The Morgan fingerprint density at radius 2 is 1.80 bits per heavy atom. The van der Waals surface area contributed by atoms with Gasteiger partial charge in [-0.15, -0.1) is 0 Å². The van der Waals surface area contributed by atoms with E-state index in [4.69, 9.17) is 0 Å². The summed E-state index contributed by atoms with van der Waals surface area (Å²) < 4.78 is 58.4. The van der Waals surface area contributed by atoms with E-state index in [1.807, 2.05) is 0 Å². The molecular weight excluding hydrogens is 324 g/mol. The molecule has 8 nitrogen and oxygen atoms in total. The van der Waals surface area contributed by atoms with Crippen molar-refractivity contribution in [2.75, 3.05) is 19.3 Å². The predicted octanol–water partition coefficient (Wildman–Crippen LogP) is -0.481. The van der Waals surface area contributed by atoms with Crippen LogP contribution < -0.4 is 9.44 Å². The van der Waals surface area contributed by atoms with Crippen LogP contribution in [0.5, 0.6) is 0 Å². The maximum Gasteiger partial charge on any atom is 0.242 e. The molecule has 0 aliphatic carbocycles. The zero-order chi connectivity index (χ0) is 14.8. The molecule has 11 heteroatoms. The van der Waals surface area contributed by atoms with E-state index in [0.717, 1.165) is 18.0 Å². The Bertz CT molecular complexity index is 813. The van der Waals surface area contributed by atoms with Gasteiger partial charge in [0.25, 0.3) is 0 Å². The summed E-state index contributed by atoms with van der Waals surface area (Å²) in [5.74, 6) is 0. The number of fused-ring (bicyclic) bond motifs is 1. The minimum absolute atomic E-state index is 0.0244. The van der Waals surface area contributed by atoms with Crippen LogP contribution in [0.2, 0.25) is 0 Å². The summed E-state index contributed by atoms with van der Waals surface area (Å²) in [5.41, 5.74) is 0.813. The second-order valence-electron chi connectivity index (χ2n) is 3.95. The molecule has 0 bridgehead atoms. The van der Waals surface area contributed by atoms with Gasteiger partial charge in [0.2, 0.25) is 20.0 Å². The van der Waals surface area contributed by atoms with E-state index in [1.165, 1.54) is 6.07 Å². The maximum absolute atomic E-state index is 12.1. The van der Waals surface area contributed by atoms with Crippen molar-refractivity contribution in [3.05, 3.63) is 18.2 Å². The van der Waals surface area contributed by atoms with E-state index in [-0.39, 0.29) is 18.0 Å². The molecule has 2 N–H and O–H groups in total. The Hall–Kier alpha value is -1.14. The summed E-state index contributed by atoms with van der Waals surface area (Å²) in [6, 6.07) is 4.67. The molecule has 0 atom stereocenters. The van der Waals surface area contributed by atoms with Gasteiger partial charge in [-0.1, -0.05) is 6.07 Å². The minimum Gasteiger partial charge on any atom is -0.214 e. The van der Waals surface area contributed by atoms with Crippen molar-refractivity contribution < 1.29 is 16.8 Å². The number of nitrogens with one attached hydrogen (secondary N) is 2. The monoisotopic (exact) mass is 336 g/mol. The Kier molecular flexibility index (Phi) is 4.34. The van der Waals surface area contributed by atoms with Crippen LogP contribution in [-0.4, -0.2) is 44.9 Å². The van der Waals surface area contributed by atoms with Gasteiger partial charge in [-0.3, -0.25) is 0 Å². The molecular formula is C9H12N4O4S3. The highest BCUT2D eigenvalue weighted by atomic mass is 32.2. The van der Waals surface area contributed by atoms with Crippen LogP contribution in [0.4, 0.5) is 0 Å². The Labute approximate surface area is 120 Å². The molecule has 0 aliphatic heterocycles. The average Bonchev–Trinajstić information content (AvgIpc) is 2.81. The molecule has 2 rings (SSSR count). The summed E-state index contributed by atoms with van der Waals surface area (Å²) >= 11 is 0.931. The number of aromatic nitrogens is 2. The van der Waals surface area contributed by atoms with E-state index < -0.39 is 20.0 Å². The van der Waals surface area contributed by atoms with E-state index in [9.17, 15) is 16.8 Å². The highest BCUT2D eigenvalue weighted by Gasteiger charge is 2.18. The van der Waals surface area contributed by atoms with Crippen molar-refractivity contribution in [1.29, 1.82) is 0 Å². The van der Waals surface area contributed by atoms with Gasteiger partial charge in [0.1, 0.15) is 15.9 Å².